The molecule has 0 aromatic carbocycles. The summed E-state index contributed by atoms with van der Waals surface area (Å²) in [6, 6.07) is 6.17. The van der Waals surface area contributed by atoms with E-state index in [1.807, 2.05) is 19.9 Å². The summed E-state index contributed by atoms with van der Waals surface area (Å²) in [5.74, 6) is 0.701. The second-order valence-corrected chi connectivity index (χ2v) is 8.26. The van der Waals surface area contributed by atoms with Gasteiger partial charge in [0.25, 0.3) is 5.56 Å². The van der Waals surface area contributed by atoms with Crippen LogP contribution in [0.4, 0.5) is 0 Å². The number of hydrogen-bond donors (Lipinski definition) is 0. The van der Waals surface area contributed by atoms with E-state index in [1.54, 1.807) is 21.5 Å². The van der Waals surface area contributed by atoms with Crippen LogP contribution >= 0.6 is 0 Å². The third-order valence-corrected chi connectivity index (χ3v) is 6.21. The Morgan fingerprint density at radius 3 is 2.39 bits per heavy atom. The van der Waals surface area contributed by atoms with Crippen LogP contribution in [0.3, 0.4) is 0 Å². The predicted molar refractivity (Wildman–Crippen MR) is 110 cm³/mol. The van der Waals surface area contributed by atoms with E-state index in [0.717, 1.165) is 50.2 Å². The van der Waals surface area contributed by atoms with Gasteiger partial charge in [0.05, 0.1) is 12.2 Å². The summed E-state index contributed by atoms with van der Waals surface area (Å²) in [5.41, 5.74) is 1.92. The van der Waals surface area contributed by atoms with E-state index in [1.165, 1.54) is 32.1 Å². The van der Waals surface area contributed by atoms with Gasteiger partial charge in [0.1, 0.15) is 0 Å². The smallest absolute Gasteiger partial charge is 0.266 e. The highest BCUT2D eigenvalue weighted by Crippen LogP contribution is 2.23. The first-order valence-electron chi connectivity index (χ1n) is 10.7. The fourth-order valence-corrected chi connectivity index (χ4v) is 4.61. The van der Waals surface area contributed by atoms with Crippen LogP contribution in [0, 0.1) is 13.8 Å². The fraction of sp³-hybridized carbons (Fsp3) is 0.667. The molecule has 1 aliphatic heterocycles. The molecular weight excluding hydrogens is 352 g/mol. The molecule has 2 aromatic heterocycles. The second-order valence-electron chi connectivity index (χ2n) is 8.26. The molecule has 1 saturated heterocycles. The maximum Gasteiger partial charge on any atom is 0.266 e. The molecule has 2 aliphatic rings. The molecule has 1 aliphatic carbocycles. The third-order valence-electron chi connectivity index (χ3n) is 6.21. The van der Waals surface area contributed by atoms with Crippen molar-refractivity contribution in [3.63, 3.8) is 0 Å². The third kappa shape index (κ3) is 4.36. The molecule has 2 aromatic rings. The van der Waals surface area contributed by atoms with Crippen molar-refractivity contribution in [1.82, 2.24) is 29.4 Å². The van der Waals surface area contributed by atoms with Gasteiger partial charge in [-0.3, -0.25) is 14.6 Å². The molecule has 4 rings (SSSR count). The van der Waals surface area contributed by atoms with Crippen molar-refractivity contribution in [2.24, 2.45) is 0 Å². The van der Waals surface area contributed by atoms with Crippen LogP contribution in [0.2, 0.25) is 0 Å². The number of nitrogens with zero attached hydrogens (tertiary/aromatic N) is 6. The van der Waals surface area contributed by atoms with E-state index in [4.69, 9.17) is 0 Å². The largest absolute Gasteiger partial charge is 0.299 e. The lowest BCUT2D eigenvalue weighted by atomic mass is 9.94. The summed E-state index contributed by atoms with van der Waals surface area (Å²) in [6.07, 6.45) is 6.95. The van der Waals surface area contributed by atoms with Gasteiger partial charge >= 0.3 is 0 Å². The molecule has 0 atom stereocenters. The van der Waals surface area contributed by atoms with E-state index in [-0.39, 0.29) is 5.56 Å². The van der Waals surface area contributed by atoms with Crippen molar-refractivity contribution >= 4 is 0 Å². The van der Waals surface area contributed by atoms with Crippen molar-refractivity contribution in [2.75, 3.05) is 32.7 Å². The van der Waals surface area contributed by atoms with Gasteiger partial charge < -0.3 is 0 Å². The molecule has 0 bridgehead atoms. The lowest BCUT2D eigenvalue weighted by Gasteiger charge is -2.40. The van der Waals surface area contributed by atoms with Crippen LogP contribution in [-0.2, 0) is 6.54 Å². The molecule has 0 radical (unpaired) electrons. The molecule has 0 amide bonds. The zero-order valence-corrected chi connectivity index (χ0v) is 17.2. The monoisotopic (exact) mass is 384 g/mol. The summed E-state index contributed by atoms with van der Waals surface area (Å²) in [6.45, 7) is 9.93. The standard InChI is InChI=1S/C21H32N6O/c1-17-16-18(2)27(22-17)20-8-9-21(28)26(23-20)15-12-24-10-13-25(14-11-24)19-6-4-3-5-7-19/h8-9,16,19H,3-7,10-15H2,1-2H3. The Kier molecular flexibility index (Phi) is 5.92. The number of aryl methyl sites for hydroxylation is 2. The van der Waals surface area contributed by atoms with E-state index in [2.05, 4.69) is 20.0 Å². The molecule has 3 heterocycles. The Balaban J connectivity index is 1.34. The molecular formula is C21H32N6O. The van der Waals surface area contributed by atoms with E-state index in [9.17, 15) is 4.79 Å². The number of piperazine rings is 1. The minimum Gasteiger partial charge on any atom is -0.299 e. The van der Waals surface area contributed by atoms with Crippen molar-refractivity contribution in [2.45, 2.75) is 58.5 Å². The van der Waals surface area contributed by atoms with Gasteiger partial charge in [0.2, 0.25) is 0 Å². The van der Waals surface area contributed by atoms with Gasteiger partial charge in [-0.1, -0.05) is 19.3 Å². The molecule has 2 fully saturated rings. The summed E-state index contributed by atoms with van der Waals surface area (Å²) in [4.78, 5) is 17.4. The second kappa shape index (κ2) is 8.57. The highest BCUT2D eigenvalue weighted by atomic mass is 16.1. The Morgan fingerprint density at radius 1 is 0.964 bits per heavy atom. The molecule has 0 unspecified atom stereocenters. The summed E-state index contributed by atoms with van der Waals surface area (Å²) in [5, 5.41) is 9.03. The minimum absolute atomic E-state index is 0.0499. The lowest BCUT2D eigenvalue weighted by molar-refractivity contribution is 0.0766. The molecule has 7 nitrogen and oxygen atoms in total. The molecule has 0 N–H and O–H groups in total. The molecule has 7 heteroatoms. The van der Waals surface area contributed by atoms with Crippen LogP contribution < -0.4 is 5.56 Å². The predicted octanol–water partition coefficient (Wildman–Crippen LogP) is 2.00. The van der Waals surface area contributed by atoms with Gasteiger partial charge in [-0.2, -0.15) is 5.10 Å². The Morgan fingerprint density at radius 2 is 1.71 bits per heavy atom. The van der Waals surface area contributed by atoms with Crippen molar-refractivity contribution in [1.29, 1.82) is 0 Å². The number of hydrogen-bond acceptors (Lipinski definition) is 5. The van der Waals surface area contributed by atoms with Crippen molar-refractivity contribution in [3.05, 3.63) is 39.9 Å². The Bertz CT molecular complexity index is 843. The van der Waals surface area contributed by atoms with E-state index < -0.39 is 0 Å². The topological polar surface area (TPSA) is 59.2 Å². The van der Waals surface area contributed by atoms with Gasteiger partial charge in [0.15, 0.2) is 5.82 Å². The van der Waals surface area contributed by atoms with Crippen LogP contribution in [0.25, 0.3) is 5.82 Å². The SMILES string of the molecule is Cc1cc(C)n(-c2ccc(=O)n(CCN3CCN(C4CCCCC4)CC3)n2)n1. The molecule has 0 spiro atoms. The van der Waals surface area contributed by atoms with Crippen LogP contribution in [0.1, 0.15) is 43.5 Å². The maximum absolute atomic E-state index is 12.3. The molecule has 28 heavy (non-hydrogen) atoms. The zero-order chi connectivity index (χ0) is 19.5. The van der Waals surface area contributed by atoms with Crippen molar-refractivity contribution in [3.8, 4) is 5.82 Å². The quantitative estimate of drug-likeness (QED) is 0.789. The molecule has 152 valence electrons. The molecule has 1 saturated carbocycles. The normalized spacial score (nSPS) is 19.9. The van der Waals surface area contributed by atoms with Crippen LogP contribution in [0.5, 0.6) is 0 Å². The first-order valence-corrected chi connectivity index (χ1v) is 10.7. The summed E-state index contributed by atoms with van der Waals surface area (Å²) >= 11 is 0. The van der Waals surface area contributed by atoms with Crippen LogP contribution in [-0.4, -0.2) is 68.1 Å². The fourth-order valence-electron chi connectivity index (χ4n) is 4.61. The van der Waals surface area contributed by atoms with Crippen molar-refractivity contribution < 1.29 is 0 Å². The number of rotatable bonds is 5. The highest BCUT2D eigenvalue weighted by Gasteiger charge is 2.25. The Hall–Kier alpha value is -1.99. The lowest BCUT2D eigenvalue weighted by Crippen LogP contribution is -2.51. The highest BCUT2D eigenvalue weighted by molar-refractivity contribution is 5.23. The van der Waals surface area contributed by atoms with Gasteiger partial charge in [-0.05, 0) is 38.8 Å². The maximum atomic E-state index is 12.3. The van der Waals surface area contributed by atoms with Gasteiger partial charge in [-0.25, -0.2) is 9.36 Å². The van der Waals surface area contributed by atoms with Gasteiger partial charge in [-0.15, -0.1) is 5.10 Å². The zero-order valence-electron chi connectivity index (χ0n) is 17.2. The number of aromatic nitrogens is 4. The summed E-state index contributed by atoms with van der Waals surface area (Å²) in [7, 11) is 0. The summed E-state index contributed by atoms with van der Waals surface area (Å²) < 4.78 is 3.38. The first-order chi connectivity index (χ1) is 13.6. The average Bonchev–Trinajstić information content (AvgIpc) is 3.06. The van der Waals surface area contributed by atoms with E-state index in [0.29, 0.717) is 12.4 Å². The first kappa shape index (κ1) is 19.3. The van der Waals surface area contributed by atoms with Crippen LogP contribution in [0.15, 0.2) is 23.0 Å². The minimum atomic E-state index is -0.0499. The Labute approximate surface area is 166 Å². The van der Waals surface area contributed by atoms with E-state index >= 15 is 0 Å². The average molecular weight is 385 g/mol. The van der Waals surface area contributed by atoms with Gasteiger partial charge in [0, 0.05) is 50.5 Å².